The van der Waals surface area contributed by atoms with Crippen molar-refractivity contribution in [3.8, 4) is 0 Å². The molecular weight excluding hydrogens is 158 g/mol. The van der Waals surface area contributed by atoms with E-state index in [0.29, 0.717) is 5.56 Å². The van der Waals surface area contributed by atoms with E-state index in [2.05, 4.69) is 0 Å². The number of benzene rings is 1. The summed E-state index contributed by atoms with van der Waals surface area (Å²) in [4.78, 5) is 0. The molecule has 0 bridgehead atoms. The van der Waals surface area contributed by atoms with E-state index in [4.69, 9.17) is 10.0 Å². The maximum atomic E-state index is 13.0. The molecule has 2 nitrogen and oxygen atoms in total. The lowest BCUT2D eigenvalue weighted by Crippen LogP contribution is -2.35. The largest absolute Gasteiger partial charge is 0.491 e. The SMILES string of the molecule is Cc1cc(C)c(B(O)O)c(F)c1. The minimum Gasteiger partial charge on any atom is -0.423 e. The quantitative estimate of drug-likeness (QED) is 0.584. The van der Waals surface area contributed by atoms with E-state index >= 15 is 0 Å². The molecule has 0 aromatic heterocycles. The van der Waals surface area contributed by atoms with Crippen molar-refractivity contribution in [2.24, 2.45) is 0 Å². The molecule has 0 fully saturated rings. The molecule has 0 atom stereocenters. The maximum absolute atomic E-state index is 13.0. The summed E-state index contributed by atoms with van der Waals surface area (Å²) in [7, 11) is -1.73. The smallest absolute Gasteiger partial charge is 0.423 e. The molecule has 0 saturated carbocycles. The Kier molecular flexibility index (Phi) is 2.50. The van der Waals surface area contributed by atoms with Crippen molar-refractivity contribution in [2.75, 3.05) is 0 Å². The van der Waals surface area contributed by atoms with Crippen molar-refractivity contribution in [3.05, 3.63) is 29.1 Å². The van der Waals surface area contributed by atoms with E-state index in [1.807, 2.05) is 0 Å². The van der Waals surface area contributed by atoms with E-state index < -0.39 is 12.9 Å². The summed E-state index contributed by atoms with van der Waals surface area (Å²) in [6, 6.07) is 2.99. The van der Waals surface area contributed by atoms with Crippen molar-refractivity contribution in [3.63, 3.8) is 0 Å². The first-order chi connectivity index (χ1) is 5.52. The fraction of sp³-hybridized carbons (Fsp3) is 0.250. The van der Waals surface area contributed by atoms with Crippen LogP contribution in [0.1, 0.15) is 11.1 Å². The van der Waals surface area contributed by atoms with Gasteiger partial charge in [0.15, 0.2) is 0 Å². The lowest BCUT2D eigenvalue weighted by atomic mass is 9.76. The maximum Gasteiger partial charge on any atom is 0.491 e. The van der Waals surface area contributed by atoms with Gasteiger partial charge in [-0.3, -0.25) is 0 Å². The fourth-order valence-electron chi connectivity index (χ4n) is 1.25. The van der Waals surface area contributed by atoms with Crippen molar-refractivity contribution in [2.45, 2.75) is 13.8 Å². The molecule has 0 saturated heterocycles. The van der Waals surface area contributed by atoms with Gasteiger partial charge in [-0.25, -0.2) is 4.39 Å². The van der Waals surface area contributed by atoms with E-state index in [1.165, 1.54) is 6.07 Å². The molecule has 0 spiro atoms. The van der Waals surface area contributed by atoms with Gasteiger partial charge in [-0.15, -0.1) is 0 Å². The zero-order valence-electron chi connectivity index (χ0n) is 7.00. The van der Waals surface area contributed by atoms with Gasteiger partial charge in [0.1, 0.15) is 5.82 Å². The van der Waals surface area contributed by atoms with Crippen molar-refractivity contribution >= 4 is 12.6 Å². The standard InChI is InChI=1S/C8H10BFO2/c1-5-3-6(2)8(9(11)12)7(10)4-5/h3-4,11-12H,1-2H3. The number of hydrogen-bond acceptors (Lipinski definition) is 2. The molecule has 1 aromatic rings. The molecule has 0 unspecified atom stereocenters. The van der Waals surface area contributed by atoms with Crippen LogP contribution in [0.5, 0.6) is 0 Å². The average molecular weight is 168 g/mol. The van der Waals surface area contributed by atoms with Gasteiger partial charge in [-0.05, 0) is 31.0 Å². The highest BCUT2D eigenvalue weighted by Gasteiger charge is 2.18. The third-order valence-corrected chi connectivity index (χ3v) is 1.74. The molecule has 0 amide bonds. The monoisotopic (exact) mass is 168 g/mol. The zero-order valence-corrected chi connectivity index (χ0v) is 7.00. The molecule has 2 N–H and O–H groups in total. The number of halogens is 1. The third kappa shape index (κ3) is 1.65. The highest BCUT2D eigenvalue weighted by Crippen LogP contribution is 2.05. The van der Waals surface area contributed by atoms with Gasteiger partial charge in [0, 0.05) is 5.46 Å². The number of hydrogen-bond donors (Lipinski definition) is 2. The van der Waals surface area contributed by atoms with Gasteiger partial charge in [-0.1, -0.05) is 6.07 Å². The molecule has 64 valence electrons. The van der Waals surface area contributed by atoms with Crippen LogP contribution >= 0.6 is 0 Å². The van der Waals surface area contributed by atoms with Crippen molar-refractivity contribution in [1.82, 2.24) is 0 Å². The minimum absolute atomic E-state index is 0.0411. The van der Waals surface area contributed by atoms with Crippen LogP contribution in [0.3, 0.4) is 0 Å². The van der Waals surface area contributed by atoms with E-state index in [0.717, 1.165) is 5.56 Å². The second-order valence-electron chi connectivity index (χ2n) is 2.85. The Morgan fingerprint density at radius 2 is 1.83 bits per heavy atom. The first kappa shape index (κ1) is 9.22. The third-order valence-electron chi connectivity index (χ3n) is 1.74. The van der Waals surface area contributed by atoms with Gasteiger partial charge in [0.25, 0.3) is 0 Å². The molecule has 12 heavy (non-hydrogen) atoms. The average Bonchev–Trinajstić information content (AvgIpc) is 1.82. The van der Waals surface area contributed by atoms with E-state index in [1.54, 1.807) is 19.9 Å². The molecule has 4 heteroatoms. The Morgan fingerprint density at radius 1 is 1.25 bits per heavy atom. The Hall–Kier alpha value is -0.865. The highest BCUT2D eigenvalue weighted by atomic mass is 19.1. The van der Waals surface area contributed by atoms with E-state index in [-0.39, 0.29) is 5.46 Å². The number of rotatable bonds is 1. The molecule has 1 aromatic carbocycles. The van der Waals surface area contributed by atoms with Crippen LogP contribution in [0.2, 0.25) is 0 Å². The molecule has 0 radical (unpaired) electrons. The molecule has 1 rings (SSSR count). The summed E-state index contributed by atoms with van der Waals surface area (Å²) in [5, 5.41) is 17.6. The van der Waals surface area contributed by atoms with Crippen molar-refractivity contribution in [1.29, 1.82) is 0 Å². The second kappa shape index (κ2) is 3.25. The molecule has 0 aliphatic carbocycles. The molecule has 0 aliphatic rings. The van der Waals surface area contributed by atoms with Crippen LogP contribution in [-0.2, 0) is 0 Å². The summed E-state index contributed by atoms with van der Waals surface area (Å²) in [5.74, 6) is -0.567. The van der Waals surface area contributed by atoms with Crippen LogP contribution in [0.25, 0.3) is 0 Å². The van der Waals surface area contributed by atoms with Gasteiger partial charge in [0.05, 0.1) is 0 Å². The second-order valence-corrected chi connectivity index (χ2v) is 2.85. The summed E-state index contributed by atoms with van der Waals surface area (Å²) in [6.45, 7) is 3.40. The Balaban J connectivity index is 3.28. The Labute approximate surface area is 70.8 Å². The van der Waals surface area contributed by atoms with Gasteiger partial charge >= 0.3 is 7.12 Å². The topological polar surface area (TPSA) is 40.5 Å². The fourth-order valence-corrected chi connectivity index (χ4v) is 1.25. The summed E-state index contributed by atoms with van der Waals surface area (Å²) >= 11 is 0. The summed E-state index contributed by atoms with van der Waals surface area (Å²) in [5.41, 5.74) is 1.29. The normalized spacial score (nSPS) is 10.1. The lowest BCUT2D eigenvalue weighted by Gasteiger charge is -2.06. The highest BCUT2D eigenvalue weighted by molar-refractivity contribution is 6.59. The first-order valence-corrected chi connectivity index (χ1v) is 3.65. The van der Waals surface area contributed by atoms with Gasteiger partial charge < -0.3 is 10.0 Å². The predicted molar refractivity (Wildman–Crippen MR) is 45.7 cm³/mol. The van der Waals surface area contributed by atoms with Gasteiger partial charge in [-0.2, -0.15) is 0 Å². The Morgan fingerprint density at radius 3 is 2.25 bits per heavy atom. The van der Waals surface area contributed by atoms with Crippen LogP contribution < -0.4 is 5.46 Å². The van der Waals surface area contributed by atoms with E-state index in [9.17, 15) is 4.39 Å². The molecular formula is C8H10BFO2. The van der Waals surface area contributed by atoms with Crippen LogP contribution in [0.15, 0.2) is 12.1 Å². The summed E-state index contributed by atoms with van der Waals surface area (Å²) < 4.78 is 13.0. The van der Waals surface area contributed by atoms with Gasteiger partial charge in [0.2, 0.25) is 0 Å². The molecule has 0 aliphatic heterocycles. The minimum atomic E-state index is -1.73. The zero-order chi connectivity index (χ0) is 9.30. The summed E-state index contributed by atoms with van der Waals surface area (Å²) in [6.07, 6.45) is 0. The Bertz CT molecular complexity index is 276. The lowest BCUT2D eigenvalue weighted by molar-refractivity contribution is 0.422. The van der Waals surface area contributed by atoms with Crippen molar-refractivity contribution < 1.29 is 14.4 Å². The predicted octanol–water partition coefficient (Wildman–Crippen LogP) is 0.122. The van der Waals surface area contributed by atoms with Crippen LogP contribution in [0, 0.1) is 19.7 Å². The first-order valence-electron chi connectivity index (χ1n) is 3.65. The van der Waals surface area contributed by atoms with Crippen LogP contribution in [-0.4, -0.2) is 17.2 Å². The molecule has 0 heterocycles. The van der Waals surface area contributed by atoms with Crippen LogP contribution in [0.4, 0.5) is 4.39 Å². The number of aryl methyl sites for hydroxylation is 2.